The van der Waals surface area contributed by atoms with Crippen molar-refractivity contribution in [3.05, 3.63) is 134 Å². The van der Waals surface area contributed by atoms with Crippen LogP contribution in [-0.4, -0.2) is 37.2 Å². The van der Waals surface area contributed by atoms with Crippen LogP contribution >= 0.6 is 0 Å². The lowest BCUT2D eigenvalue weighted by molar-refractivity contribution is -0.167. The van der Waals surface area contributed by atoms with Crippen LogP contribution in [0.25, 0.3) is 0 Å². The number of hydrogen-bond acceptors (Lipinski definition) is 6. The average Bonchev–Trinajstić information content (AvgIpc) is 3.42. The summed E-state index contributed by atoms with van der Waals surface area (Å²) in [6, 6.07) is 0. The minimum absolute atomic E-state index is 0.0974. The molecule has 0 aliphatic rings. The molecule has 0 N–H and O–H groups in total. The summed E-state index contributed by atoms with van der Waals surface area (Å²) in [6.07, 6.45) is 89.3. The van der Waals surface area contributed by atoms with E-state index in [0.29, 0.717) is 19.3 Å². The van der Waals surface area contributed by atoms with E-state index in [2.05, 4.69) is 154 Å². The molecule has 0 amide bonds. The van der Waals surface area contributed by atoms with Gasteiger partial charge in [-0.1, -0.05) is 270 Å². The van der Waals surface area contributed by atoms with Crippen LogP contribution in [0, 0.1) is 0 Å². The third-order valence-corrected chi connectivity index (χ3v) is 12.9. The Hall–Kier alpha value is -4.45. The number of ether oxygens (including phenoxy) is 3. The highest BCUT2D eigenvalue weighted by molar-refractivity contribution is 5.71. The van der Waals surface area contributed by atoms with Gasteiger partial charge in [0.2, 0.25) is 0 Å². The standard InChI is InChI=1S/C70H114O6/c1-4-7-10-13-16-18-20-22-24-26-28-30-31-32-33-34-35-36-37-38-39-41-42-44-46-48-50-52-54-57-60-63-69(72)75-66-67(65-74-68(71)62-59-56-15-12-9-6-3)76-70(73)64-61-58-55-53-51-49-47-45-43-40-29-27-25-23-21-19-17-14-11-8-5-2/h7-8,10-11,16-19,22-25,28-30,32-33,40,45,47,51,53,67H,4-6,9,12-15,20-21,26-27,31,34-39,41-44,46,48-50,52,54-66H2,1-3H3/b10-7-,11-8-,18-16-,19-17-,24-22-,25-23-,30-28-,33-32-,40-29-,47-45-,53-51-. The van der Waals surface area contributed by atoms with Crippen LogP contribution in [-0.2, 0) is 28.6 Å². The van der Waals surface area contributed by atoms with Gasteiger partial charge < -0.3 is 14.2 Å². The number of unbranched alkanes of at least 4 members (excludes halogenated alkanes) is 22. The second kappa shape index (κ2) is 63.1. The molecule has 0 bridgehead atoms. The predicted molar refractivity (Wildman–Crippen MR) is 329 cm³/mol. The molecule has 0 aromatic heterocycles. The molecule has 0 fully saturated rings. The zero-order valence-corrected chi connectivity index (χ0v) is 49.2. The first-order valence-corrected chi connectivity index (χ1v) is 31.2. The van der Waals surface area contributed by atoms with Crippen LogP contribution in [0.5, 0.6) is 0 Å². The van der Waals surface area contributed by atoms with Gasteiger partial charge in [-0.15, -0.1) is 0 Å². The van der Waals surface area contributed by atoms with Crippen LogP contribution in [0.2, 0.25) is 0 Å². The van der Waals surface area contributed by atoms with E-state index in [-0.39, 0.29) is 37.5 Å². The monoisotopic (exact) mass is 1050 g/mol. The molecule has 0 saturated carbocycles. The molecule has 6 nitrogen and oxygen atoms in total. The van der Waals surface area contributed by atoms with Gasteiger partial charge in [0.15, 0.2) is 6.10 Å². The molecule has 0 heterocycles. The Balaban J connectivity index is 4.13. The van der Waals surface area contributed by atoms with Gasteiger partial charge in [0.25, 0.3) is 0 Å². The lowest BCUT2D eigenvalue weighted by Crippen LogP contribution is -2.30. The highest BCUT2D eigenvalue weighted by atomic mass is 16.6. The zero-order valence-electron chi connectivity index (χ0n) is 49.2. The Morgan fingerprint density at radius 2 is 0.513 bits per heavy atom. The van der Waals surface area contributed by atoms with Crippen molar-refractivity contribution in [3.63, 3.8) is 0 Å². The third-order valence-electron chi connectivity index (χ3n) is 12.9. The Morgan fingerprint density at radius 1 is 0.276 bits per heavy atom. The van der Waals surface area contributed by atoms with Gasteiger partial charge in [0, 0.05) is 19.3 Å². The molecule has 0 aliphatic carbocycles. The van der Waals surface area contributed by atoms with Crippen molar-refractivity contribution in [1.29, 1.82) is 0 Å². The van der Waals surface area contributed by atoms with Gasteiger partial charge in [-0.05, 0) is 116 Å². The van der Waals surface area contributed by atoms with Crippen LogP contribution in [0.3, 0.4) is 0 Å². The fourth-order valence-corrected chi connectivity index (χ4v) is 8.30. The Bertz CT molecular complexity index is 1630. The summed E-state index contributed by atoms with van der Waals surface area (Å²) in [5.41, 5.74) is 0. The smallest absolute Gasteiger partial charge is 0.306 e. The van der Waals surface area contributed by atoms with Crippen molar-refractivity contribution < 1.29 is 28.6 Å². The van der Waals surface area contributed by atoms with Crippen LogP contribution in [0.15, 0.2) is 134 Å². The number of hydrogen-bond donors (Lipinski definition) is 0. The van der Waals surface area contributed by atoms with E-state index in [4.69, 9.17) is 14.2 Å². The normalized spacial score (nSPS) is 13.0. The Labute approximate surface area is 468 Å². The molecule has 0 saturated heterocycles. The molecular formula is C70H114O6. The van der Waals surface area contributed by atoms with E-state index >= 15 is 0 Å². The number of esters is 3. The molecule has 0 radical (unpaired) electrons. The molecule has 0 aromatic carbocycles. The van der Waals surface area contributed by atoms with Crippen molar-refractivity contribution in [1.82, 2.24) is 0 Å². The third kappa shape index (κ3) is 60.4. The molecule has 430 valence electrons. The summed E-state index contributed by atoms with van der Waals surface area (Å²) in [5.74, 6) is -0.951. The second-order valence-corrected chi connectivity index (χ2v) is 20.2. The molecule has 1 unspecified atom stereocenters. The molecule has 6 heteroatoms. The topological polar surface area (TPSA) is 78.9 Å². The summed E-state index contributed by atoms with van der Waals surface area (Å²) in [6.45, 7) is 6.32. The predicted octanol–water partition coefficient (Wildman–Crippen LogP) is 21.4. The van der Waals surface area contributed by atoms with Crippen LogP contribution in [0.4, 0.5) is 0 Å². The molecule has 0 rings (SSSR count). The van der Waals surface area contributed by atoms with Gasteiger partial charge in [-0.3, -0.25) is 14.4 Å². The molecular weight excluding hydrogens is 937 g/mol. The summed E-state index contributed by atoms with van der Waals surface area (Å²) in [4.78, 5) is 38.0. The summed E-state index contributed by atoms with van der Waals surface area (Å²) < 4.78 is 16.7. The number of carbonyl (C=O) groups is 3. The summed E-state index contributed by atoms with van der Waals surface area (Å²) in [5, 5.41) is 0. The van der Waals surface area contributed by atoms with E-state index in [9.17, 15) is 14.4 Å². The fourth-order valence-electron chi connectivity index (χ4n) is 8.30. The van der Waals surface area contributed by atoms with Gasteiger partial charge in [0.1, 0.15) is 13.2 Å². The maximum Gasteiger partial charge on any atom is 0.306 e. The van der Waals surface area contributed by atoms with E-state index in [1.807, 2.05) is 0 Å². The Morgan fingerprint density at radius 3 is 0.829 bits per heavy atom. The maximum atomic E-state index is 12.8. The molecule has 76 heavy (non-hydrogen) atoms. The van der Waals surface area contributed by atoms with Gasteiger partial charge in [-0.25, -0.2) is 0 Å². The SMILES string of the molecule is CC/C=C\C/C=C\C/C=C\C/C=C\C/C=C\C/C=C\CCCCC(=O)OC(COC(=O)CCCCCCCC)COC(=O)CCCCCCCCCCCCCCCCC/C=C\C/C=C\C/C=C\C/C=C\C/C=C\CC. The lowest BCUT2D eigenvalue weighted by atomic mass is 10.0. The van der Waals surface area contributed by atoms with Crippen molar-refractivity contribution >= 4 is 17.9 Å². The number of carbonyl (C=O) groups excluding carboxylic acids is 3. The molecule has 0 spiro atoms. The summed E-state index contributed by atoms with van der Waals surface area (Å²) >= 11 is 0. The highest BCUT2D eigenvalue weighted by Gasteiger charge is 2.19. The Kier molecular flexibility index (Phi) is 59.4. The van der Waals surface area contributed by atoms with Gasteiger partial charge >= 0.3 is 17.9 Å². The largest absolute Gasteiger partial charge is 0.462 e. The second-order valence-electron chi connectivity index (χ2n) is 20.2. The van der Waals surface area contributed by atoms with Gasteiger partial charge in [0.05, 0.1) is 0 Å². The molecule has 1 atom stereocenters. The first kappa shape index (κ1) is 71.5. The minimum atomic E-state index is -0.801. The van der Waals surface area contributed by atoms with Crippen molar-refractivity contribution in [2.75, 3.05) is 13.2 Å². The average molecular weight is 1050 g/mol. The number of allylic oxidation sites excluding steroid dienone is 22. The van der Waals surface area contributed by atoms with Crippen LogP contribution in [0.1, 0.15) is 271 Å². The summed E-state index contributed by atoms with van der Waals surface area (Å²) in [7, 11) is 0. The zero-order chi connectivity index (χ0) is 55.0. The van der Waals surface area contributed by atoms with E-state index in [1.165, 1.54) is 103 Å². The van der Waals surface area contributed by atoms with E-state index < -0.39 is 6.10 Å². The molecule has 0 aliphatic heterocycles. The van der Waals surface area contributed by atoms with Crippen molar-refractivity contribution in [2.24, 2.45) is 0 Å². The van der Waals surface area contributed by atoms with E-state index in [0.717, 1.165) is 122 Å². The van der Waals surface area contributed by atoms with E-state index in [1.54, 1.807) is 0 Å². The lowest BCUT2D eigenvalue weighted by Gasteiger charge is -2.18. The maximum absolute atomic E-state index is 12.8. The van der Waals surface area contributed by atoms with Crippen LogP contribution < -0.4 is 0 Å². The minimum Gasteiger partial charge on any atom is -0.462 e. The number of rotatable bonds is 55. The van der Waals surface area contributed by atoms with Crippen molar-refractivity contribution in [2.45, 2.75) is 277 Å². The van der Waals surface area contributed by atoms with Crippen molar-refractivity contribution in [3.8, 4) is 0 Å². The fraction of sp³-hybridized carbons (Fsp3) is 0.643. The molecule has 0 aromatic rings. The van der Waals surface area contributed by atoms with Gasteiger partial charge in [-0.2, -0.15) is 0 Å². The first-order chi connectivity index (χ1) is 37.5. The quantitative estimate of drug-likeness (QED) is 0.0261. The highest BCUT2D eigenvalue weighted by Crippen LogP contribution is 2.16. The first-order valence-electron chi connectivity index (χ1n) is 31.2.